The van der Waals surface area contributed by atoms with Crippen molar-refractivity contribution in [1.82, 2.24) is 29.9 Å². The third-order valence-corrected chi connectivity index (χ3v) is 8.15. The molecule has 10 bridgehead atoms. The maximum absolute atomic E-state index is 5.11. The van der Waals surface area contributed by atoms with E-state index in [1.165, 1.54) is 0 Å². The molecule has 1 aliphatic heterocycles. The fraction of sp³-hybridized carbons (Fsp3) is 0. The molecule has 0 saturated heterocycles. The fourth-order valence-corrected chi connectivity index (χ4v) is 6.15. The molecular weight excluding hydrogens is 540 g/mol. The van der Waals surface area contributed by atoms with Gasteiger partial charge in [0.1, 0.15) is 5.65 Å². The molecule has 5 aromatic heterocycles. The molecule has 0 spiro atoms. The lowest BCUT2D eigenvalue weighted by Crippen LogP contribution is -1.81. The van der Waals surface area contributed by atoms with E-state index in [9.17, 15) is 0 Å². The van der Waals surface area contributed by atoms with Gasteiger partial charge in [0.25, 0.3) is 0 Å². The zero-order valence-electron chi connectivity index (χ0n) is 23.5. The molecule has 0 atom stereocenters. The summed E-state index contributed by atoms with van der Waals surface area (Å²) in [4.78, 5) is 27.2. The second kappa shape index (κ2) is 9.71. The highest BCUT2D eigenvalue weighted by Crippen LogP contribution is 2.36. The number of aromatic nitrogens is 6. The minimum atomic E-state index is 0.620. The highest BCUT2D eigenvalue weighted by molar-refractivity contribution is 6.08. The molecule has 6 heterocycles. The zero-order chi connectivity index (χ0) is 29.0. The van der Waals surface area contributed by atoms with Crippen molar-refractivity contribution < 1.29 is 0 Å². The van der Waals surface area contributed by atoms with Crippen molar-refractivity contribution in [2.24, 2.45) is 0 Å². The molecule has 8 aromatic rings. The first-order chi connectivity index (χ1) is 21.7. The number of nitrogens with zero attached hydrogens (tertiary/aromatic N) is 4. The van der Waals surface area contributed by atoms with E-state index < -0.39 is 0 Å². The number of hydrogen-bond donors (Lipinski definition) is 2. The van der Waals surface area contributed by atoms with Crippen molar-refractivity contribution in [3.05, 3.63) is 133 Å². The second-order valence-corrected chi connectivity index (χ2v) is 11.0. The lowest BCUT2D eigenvalue weighted by molar-refractivity contribution is 1.32. The van der Waals surface area contributed by atoms with E-state index in [4.69, 9.17) is 19.9 Å². The van der Waals surface area contributed by atoms with Crippen molar-refractivity contribution in [2.45, 2.75) is 0 Å². The van der Waals surface area contributed by atoms with Crippen LogP contribution in [0.1, 0.15) is 0 Å². The lowest BCUT2D eigenvalue weighted by atomic mass is 10.0. The fourth-order valence-electron chi connectivity index (χ4n) is 6.15. The van der Waals surface area contributed by atoms with Crippen LogP contribution in [-0.4, -0.2) is 29.9 Å². The van der Waals surface area contributed by atoms with Crippen molar-refractivity contribution in [3.63, 3.8) is 0 Å². The van der Waals surface area contributed by atoms with Gasteiger partial charge in [0.05, 0.1) is 27.9 Å². The Labute approximate surface area is 251 Å². The predicted molar refractivity (Wildman–Crippen MR) is 180 cm³/mol. The average Bonchev–Trinajstić information content (AvgIpc) is 3.69. The molecule has 0 aliphatic carbocycles. The number of aromatic amines is 2. The molecule has 2 N–H and O–H groups in total. The molecule has 3 aromatic carbocycles. The number of pyridine rings is 2. The van der Waals surface area contributed by atoms with Crippen molar-refractivity contribution >= 4 is 65.9 Å². The summed E-state index contributed by atoms with van der Waals surface area (Å²) in [6.07, 6.45) is 0. The number of hydrogen-bond acceptors (Lipinski definition) is 4. The van der Waals surface area contributed by atoms with Gasteiger partial charge in [-0.25, -0.2) is 19.9 Å². The van der Waals surface area contributed by atoms with Crippen molar-refractivity contribution in [3.8, 4) is 22.5 Å². The SMILES string of the molecule is c1ccc2c(c1)-c1cc3cccc(n3)nc3[nH]c(cc4cccc(cc5[nH]c(cc-2n1)c1ccccc51)n4)c1ccccc31. The van der Waals surface area contributed by atoms with Crippen LogP contribution in [0.15, 0.2) is 133 Å². The molecule has 44 heavy (non-hydrogen) atoms. The van der Waals surface area contributed by atoms with Gasteiger partial charge in [0, 0.05) is 49.2 Å². The summed E-state index contributed by atoms with van der Waals surface area (Å²) in [5.74, 6) is 0. The summed E-state index contributed by atoms with van der Waals surface area (Å²) in [6.45, 7) is 0. The smallest absolute Gasteiger partial charge is 0.154 e. The van der Waals surface area contributed by atoms with Crippen LogP contribution in [0.25, 0.3) is 88.5 Å². The van der Waals surface area contributed by atoms with Gasteiger partial charge in [-0.05, 0) is 48.5 Å². The van der Waals surface area contributed by atoms with Crippen LogP contribution in [0.3, 0.4) is 0 Å². The topological polar surface area (TPSA) is 83.1 Å². The Morgan fingerprint density at radius 2 is 0.886 bits per heavy atom. The number of rotatable bonds is 0. The second-order valence-electron chi connectivity index (χ2n) is 11.0. The van der Waals surface area contributed by atoms with Crippen molar-refractivity contribution in [2.75, 3.05) is 0 Å². The molecule has 0 saturated carbocycles. The molecule has 0 unspecified atom stereocenters. The molecule has 6 heteroatoms. The Kier molecular flexibility index (Phi) is 5.40. The highest BCUT2D eigenvalue weighted by atomic mass is 14.9. The lowest BCUT2D eigenvalue weighted by Gasteiger charge is -1.97. The molecule has 9 rings (SSSR count). The molecule has 0 amide bonds. The summed E-state index contributed by atoms with van der Waals surface area (Å²) in [7, 11) is 0. The number of fused-ring (bicyclic) bond motifs is 19. The van der Waals surface area contributed by atoms with Crippen LogP contribution in [0.2, 0.25) is 0 Å². The largest absolute Gasteiger partial charge is 0.354 e. The normalized spacial score (nSPS) is 11.6. The van der Waals surface area contributed by atoms with Crippen LogP contribution in [0.4, 0.5) is 0 Å². The van der Waals surface area contributed by atoms with Gasteiger partial charge < -0.3 is 9.97 Å². The molecule has 206 valence electrons. The van der Waals surface area contributed by atoms with Crippen molar-refractivity contribution in [1.29, 1.82) is 0 Å². The molecule has 0 fully saturated rings. The first-order valence-corrected chi connectivity index (χ1v) is 14.6. The minimum Gasteiger partial charge on any atom is -0.354 e. The van der Waals surface area contributed by atoms with Crippen LogP contribution in [0.5, 0.6) is 0 Å². The van der Waals surface area contributed by atoms with Gasteiger partial charge in [0.15, 0.2) is 5.65 Å². The van der Waals surface area contributed by atoms with E-state index in [-0.39, 0.29) is 0 Å². The predicted octanol–water partition coefficient (Wildman–Crippen LogP) is 9.30. The Bertz CT molecular complexity index is 2630. The molecule has 0 radical (unpaired) electrons. The third kappa shape index (κ3) is 4.12. The minimum absolute atomic E-state index is 0.620. The molecule has 6 nitrogen and oxygen atoms in total. The van der Waals surface area contributed by atoms with E-state index in [0.717, 1.165) is 82.8 Å². The summed E-state index contributed by atoms with van der Waals surface area (Å²) in [6, 6.07) is 45.4. The van der Waals surface area contributed by atoms with E-state index in [1.54, 1.807) is 0 Å². The Morgan fingerprint density at radius 3 is 1.59 bits per heavy atom. The van der Waals surface area contributed by atoms with Gasteiger partial charge in [-0.15, -0.1) is 0 Å². The maximum Gasteiger partial charge on any atom is 0.154 e. The van der Waals surface area contributed by atoms with Crippen LogP contribution in [-0.2, 0) is 0 Å². The van der Waals surface area contributed by atoms with Gasteiger partial charge >= 0.3 is 0 Å². The Morgan fingerprint density at radius 1 is 0.364 bits per heavy atom. The summed E-state index contributed by atoms with van der Waals surface area (Å²) < 4.78 is 0. The molecule has 1 aliphatic rings. The monoisotopic (exact) mass is 564 g/mol. The van der Waals surface area contributed by atoms with Crippen LogP contribution < -0.4 is 0 Å². The summed E-state index contributed by atoms with van der Waals surface area (Å²) in [5.41, 5.74) is 10.8. The zero-order valence-corrected chi connectivity index (χ0v) is 23.5. The third-order valence-electron chi connectivity index (χ3n) is 8.15. The Balaban J connectivity index is 1.46. The van der Waals surface area contributed by atoms with Gasteiger partial charge in [0.2, 0.25) is 0 Å². The number of nitrogens with one attached hydrogen (secondary N) is 2. The van der Waals surface area contributed by atoms with Gasteiger partial charge in [-0.1, -0.05) is 84.9 Å². The van der Waals surface area contributed by atoms with E-state index in [1.807, 2.05) is 54.6 Å². The quantitative estimate of drug-likeness (QED) is 0.192. The number of benzene rings is 3. The van der Waals surface area contributed by atoms with Gasteiger partial charge in [-0.2, -0.15) is 0 Å². The standard InChI is InChI=1S/C38H24N6/c1-3-14-28-26(12-1)32-19-23-9-7-10-24(39-23)20-34-30-16-5-6-17-31(30)38(43-34)44-37-18-8-11-25(40-37)21-33-27-13-2-4-15-29(27)36(42-33)22-35(28)41-32/h1-22,41H,(H,40,43,44). The van der Waals surface area contributed by atoms with E-state index >= 15 is 0 Å². The first-order valence-electron chi connectivity index (χ1n) is 14.6. The Hall–Kier alpha value is -6.14. The summed E-state index contributed by atoms with van der Waals surface area (Å²) in [5, 5.41) is 4.36. The van der Waals surface area contributed by atoms with Gasteiger partial charge in [-0.3, -0.25) is 0 Å². The van der Waals surface area contributed by atoms with E-state index in [2.05, 4.69) is 88.8 Å². The summed E-state index contributed by atoms with van der Waals surface area (Å²) >= 11 is 0. The van der Waals surface area contributed by atoms with Crippen LogP contribution in [0, 0.1) is 0 Å². The first kappa shape index (κ1) is 24.5. The molecular formula is C38H24N6. The van der Waals surface area contributed by atoms with Crippen LogP contribution >= 0.6 is 0 Å². The average molecular weight is 565 g/mol. The van der Waals surface area contributed by atoms with E-state index in [0.29, 0.717) is 5.65 Å². The number of H-pyrrole nitrogens is 2. The maximum atomic E-state index is 5.11. The highest BCUT2D eigenvalue weighted by Gasteiger charge is 2.16.